The molecule has 2 saturated heterocycles. The minimum Gasteiger partial charge on any atom is -0.471 e. The summed E-state index contributed by atoms with van der Waals surface area (Å²) in [6, 6.07) is 6.73. The Morgan fingerprint density at radius 3 is 2.63 bits per heavy atom. The van der Waals surface area contributed by atoms with E-state index < -0.39 is 5.60 Å². The van der Waals surface area contributed by atoms with Crippen LogP contribution >= 0.6 is 0 Å². The molecular weight excluding hydrogens is 518 g/mol. The lowest BCUT2D eigenvalue weighted by Gasteiger charge is -2.39. The third-order valence-corrected chi connectivity index (χ3v) is 9.44. The van der Waals surface area contributed by atoms with Crippen molar-refractivity contribution in [3.05, 3.63) is 36.2 Å². The number of piperidine rings is 1. The molecule has 4 fully saturated rings. The van der Waals surface area contributed by atoms with Gasteiger partial charge in [0, 0.05) is 24.0 Å². The summed E-state index contributed by atoms with van der Waals surface area (Å²) in [7, 11) is 0. The zero-order valence-electron chi connectivity index (χ0n) is 24.7. The second-order valence-electron chi connectivity index (χ2n) is 13.8. The van der Waals surface area contributed by atoms with E-state index in [4.69, 9.17) is 24.3 Å². The Bertz CT molecular complexity index is 1460. The number of aromatic nitrogens is 4. The first kappa shape index (κ1) is 26.7. The number of benzene rings is 1. The molecule has 1 aromatic carbocycles. The summed E-state index contributed by atoms with van der Waals surface area (Å²) in [5.41, 5.74) is 3.69. The van der Waals surface area contributed by atoms with Gasteiger partial charge in [-0.3, -0.25) is 4.98 Å². The molecule has 218 valence electrons. The predicted molar refractivity (Wildman–Crippen MR) is 155 cm³/mol. The van der Waals surface area contributed by atoms with Crippen molar-refractivity contribution < 1.29 is 19.0 Å². The highest BCUT2D eigenvalue weighted by Crippen LogP contribution is 2.55. The van der Waals surface area contributed by atoms with Crippen molar-refractivity contribution in [1.29, 1.82) is 0 Å². The molecule has 2 aromatic heterocycles. The van der Waals surface area contributed by atoms with Gasteiger partial charge in [-0.2, -0.15) is 5.10 Å². The van der Waals surface area contributed by atoms with E-state index in [1.54, 1.807) is 17.3 Å². The summed E-state index contributed by atoms with van der Waals surface area (Å²) in [5.74, 6) is 0.465. The van der Waals surface area contributed by atoms with E-state index in [1.807, 2.05) is 25.5 Å². The van der Waals surface area contributed by atoms with Crippen molar-refractivity contribution in [3.63, 3.8) is 0 Å². The zero-order chi connectivity index (χ0) is 28.4. The fraction of sp³-hybridized carbons (Fsp3) is 0.625. The van der Waals surface area contributed by atoms with Crippen molar-refractivity contribution in [3.8, 4) is 17.3 Å². The van der Waals surface area contributed by atoms with Crippen LogP contribution in [0.1, 0.15) is 90.9 Å². The first-order valence-corrected chi connectivity index (χ1v) is 15.2. The Hall–Kier alpha value is -3.20. The SMILES string of the molecule is CC(C)(C)OC(=O)N1CCC2(CC2)[C@@H](Oc2cncc(-c3nn(C4CCCCO4)c4ccc(C5(C)CC5)cc34)n2)C1. The zero-order valence-corrected chi connectivity index (χ0v) is 24.7. The summed E-state index contributed by atoms with van der Waals surface area (Å²) in [6.45, 7) is 9.94. The number of amides is 1. The fourth-order valence-corrected chi connectivity index (χ4v) is 6.37. The van der Waals surface area contributed by atoms with E-state index in [2.05, 4.69) is 30.1 Å². The molecule has 2 atom stereocenters. The Morgan fingerprint density at radius 2 is 1.93 bits per heavy atom. The number of fused-ring (bicyclic) bond motifs is 1. The number of hydrogen-bond donors (Lipinski definition) is 0. The molecule has 4 aliphatic rings. The lowest BCUT2D eigenvalue weighted by atomic mass is 9.90. The van der Waals surface area contributed by atoms with Gasteiger partial charge in [-0.05, 0) is 95.2 Å². The molecule has 41 heavy (non-hydrogen) atoms. The predicted octanol–water partition coefficient (Wildman–Crippen LogP) is 6.41. The minimum absolute atomic E-state index is 0.0782. The van der Waals surface area contributed by atoms with Crippen LogP contribution in [0, 0.1) is 5.41 Å². The molecule has 1 unspecified atom stereocenters. The largest absolute Gasteiger partial charge is 0.471 e. The molecule has 2 aliphatic carbocycles. The van der Waals surface area contributed by atoms with Gasteiger partial charge < -0.3 is 19.1 Å². The van der Waals surface area contributed by atoms with Crippen molar-refractivity contribution in [2.24, 2.45) is 5.41 Å². The summed E-state index contributed by atoms with van der Waals surface area (Å²) < 4.78 is 20.4. The van der Waals surface area contributed by atoms with Crippen LogP contribution in [0.5, 0.6) is 5.88 Å². The summed E-state index contributed by atoms with van der Waals surface area (Å²) in [4.78, 5) is 24.1. The van der Waals surface area contributed by atoms with Gasteiger partial charge in [0.15, 0.2) is 6.23 Å². The number of ether oxygens (including phenoxy) is 3. The standard InChI is InChI=1S/C32H41N5O4/c1-30(2,3)41-29(38)36-15-14-32(12-13-32)25(20-36)40-26-19-33-18-23(34-26)28-22-17-21(31(4)10-11-31)8-9-24(22)37(35-28)27-7-5-6-16-39-27/h8-9,17-19,25,27H,5-7,10-16,20H2,1-4H3/t25-,27?/m0/s1. The number of hydrogen-bond acceptors (Lipinski definition) is 7. The normalized spacial score (nSPS) is 24.8. The molecule has 0 N–H and O–H groups in total. The Morgan fingerprint density at radius 1 is 1.10 bits per heavy atom. The van der Waals surface area contributed by atoms with Gasteiger partial charge in [0.05, 0.1) is 24.5 Å². The second kappa shape index (κ2) is 9.68. The molecule has 2 aliphatic heterocycles. The molecule has 2 saturated carbocycles. The molecule has 1 amide bonds. The number of carbonyl (C=O) groups is 1. The maximum absolute atomic E-state index is 12.8. The molecule has 1 spiro atoms. The first-order valence-electron chi connectivity index (χ1n) is 15.2. The molecule has 3 aromatic rings. The molecule has 0 bridgehead atoms. The monoisotopic (exact) mass is 559 g/mol. The first-order chi connectivity index (χ1) is 19.6. The van der Waals surface area contributed by atoms with Gasteiger partial charge in [0.2, 0.25) is 5.88 Å². The van der Waals surface area contributed by atoms with E-state index in [-0.39, 0.29) is 29.3 Å². The second-order valence-corrected chi connectivity index (χ2v) is 13.8. The molecule has 4 heterocycles. The number of likely N-dealkylation sites (tertiary alicyclic amines) is 1. The summed E-state index contributed by atoms with van der Waals surface area (Å²) in [6.07, 6.45) is 11.6. The van der Waals surface area contributed by atoms with Crippen molar-refractivity contribution in [2.75, 3.05) is 19.7 Å². The van der Waals surface area contributed by atoms with Gasteiger partial charge in [0.1, 0.15) is 23.1 Å². The van der Waals surface area contributed by atoms with E-state index in [1.165, 1.54) is 18.4 Å². The van der Waals surface area contributed by atoms with Crippen LogP contribution < -0.4 is 4.74 Å². The number of rotatable bonds is 5. The molecule has 0 radical (unpaired) electrons. The minimum atomic E-state index is -0.534. The Balaban J connectivity index is 1.20. The van der Waals surface area contributed by atoms with Crippen molar-refractivity contribution in [2.45, 2.75) is 102 Å². The summed E-state index contributed by atoms with van der Waals surface area (Å²) in [5, 5.41) is 6.16. The van der Waals surface area contributed by atoms with E-state index >= 15 is 0 Å². The highest BCUT2D eigenvalue weighted by Gasteiger charge is 2.54. The van der Waals surface area contributed by atoms with Crippen molar-refractivity contribution in [1.82, 2.24) is 24.6 Å². The quantitative estimate of drug-likeness (QED) is 0.357. The Labute approximate surface area is 241 Å². The third kappa shape index (κ3) is 5.17. The molecule has 9 nitrogen and oxygen atoms in total. The maximum Gasteiger partial charge on any atom is 0.410 e. The highest BCUT2D eigenvalue weighted by atomic mass is 16.6. The summed E-state index contributed by atoms with van der Waals surface area (Å²) >= 11 is 0. The maximum atomic E-state index is 12.8. The Kier molecular flexibility index (Phi) is 6.30. The lowest BCUT2D eigenvalue weighted by Crippen LogP contribution is -2.51. The molecule has 9 heteroatoms. The van der Waals surface area contributed by atoms with E-state index in [9.17, 15) is 4.79 Å². The smallest absolute Gasteiger partial charge is 0.410 e. The third-order valence-electron chi connectivity index (χ3n) is 9.44. The van der Waals surface area contributed by atoms with Gasteiger partial charge in [-0.1, -0.05) is 13.0 Å². The molecule has 7 rings (SSSR count). The van der Waals surface area contributed by atoms with Gasteiger partial charge in [0.25, 0.3) is 0 Å². The van der Waals surface area contributed by atoms with Crippen LogP contribution in [0.25, 0.3) is 22.3 Å². The van der Waals surface area contributed by atoms with E-state index in [0.29, 0.717) is 24.7 Å². The van der Waals surface area contributed by atoms with Crippen LogP contribution in [-0.2, 0) is 14.9 Å². The number of nitrogens with zero attached hydrogens (tertiary/aromatic N) is 5. The van der Waals surface area contributed by atoms with Gasteiger partial charge in [-0.25, -0.2) is 14.5 Å². The highest BCUT2D eigenvalue weighted by molar-refractivity contribution is 5.93. The fourth-order valence-electron chi connectivity index (χ4n) is 6.37. The lowest BCUT2D eigenvalue weighted by molar-refractivity contribution is -0.0365. The van der Waals surface area contributed by atoms with Crippen LogP contribution in [-0.4, -0.2) is 62.1 Å². The van der Waals surface area contributed by atoms with Crippen LogP contribution in [0.4, 0.5) is 4.79 Å². The molecular formula is C32H41N5O4. The average molecular weight is 560 g/mol. The van der Waals surface area contributed by atoms with E-state index in [0.717, 1.165) is 61.7 Å². The topological polar surface area (TPSA) is 91.6 Å². The average Bonchev–Trinajstić information content (AvgIpc) is 3.87. The van der Waals surface area contributed by atoms with Crippen LogP contribution in [0.2, 0.25) is 0 Å². The van der Waals surface area contributed by atoms with Crippen LogP contribution in [0.15, 0.2) is 30.6 Å². The van der Waals surface area contributed by atoms with Gasteiger partial charge in [-0.15, -0.1) is 0 Å². The van der Waals surface area contributed by atoms with Gasteiger partial charge >= 0.3 is 6.09 Å². The van der Waals surface area contributed by atoms with Crippen LogP contribution in [0.3, 0.4) is 0 Å². The number of carbonyl (C=O) groups excluding carboxylic acids is 1. The van der Waals surface area contributed by atoms with Crippen molar-refractivity contribution >= 4 is 17.0 Å².